The van der Waals surface area contributed by atoms with Gasteiger partial charge in [-0.3, -0.25) is 0 Å². The highest BCUT2D eigenvalue weighted by Crippen LogP contribution is 2.49. The summed E-state index contributed by atoms with van der Waals surface area (Å²) in [7, 11) is 2.91. The SMILES string of the molecule is COc1cc2c(O[C@H]3O[C@@H](CO[C@H]4OC[C@@H](O)[C@@H](O)[C@@H]4O)[C@H](O)[C@@H](O)[C@@H]3O)c3c(c(-c4ccc5c(c4)OCO5)c2cc1OC)C(=O)OC3. The highest BCUT2D eigenvalue weighted by atomic mass is 16.7. The van der Waals surface area contributed by atoms with Crippen LogP contribution >= 0.6 is 0 Å². The normalized spacial score (nSPS) is 31.0. The Morgan fingerprint density at radius 2 is 1.48 bits per heavy atom. The molecule has 3 aromatic carbocycles. The second-order valence-corrected chi connectivity index (χ2v) is 11.7. The number of esters is 1. The van der Waals surface area contributed by atoms with Crippen molar-refractivity contribution in [2.45, 2.75) is 61.9 Å². The van der Waals surface area contributed by atoms with Gasteiger partial charge in [0, 0.05) is 16.5 Å². The maximum absolute atomic E-state index is 13.4. The summed E-state index contributed by atoms with van der Waals surface area (Å²) in [5.74, 6) is 1.14. The van der Waals surface area contributed by atoms with Gasteiger partial charge in [0.15, 0.2) is 29.3 Å². The van der Waals surface area contributed by atoms with Crippen molar-refractivity contribution in [1.29, 1.82) is 0 Å². The summed E-state index contributed by atoms with van der Waals surface area (Å²) in [4.78, 5) is 13.4. The zero-order valence-corrected chi connectivity index (χ0v) is 25.7. The number of methoxy groups -OCH3 is 2. The van der Waals surface area contributed by atoms with Gasteiger partial charge in [-0.1, -0.05) is 6.07 Å². The van der Waals surface area contributed by atoms with Gasteiger partial charge in [0.05, 0.1) is 33.0 Å². The molecule has 6 N–H and O–H groups in total. The fourth-order valence-electron chi connectivity index (χ4n) is 6.28. The van der Waals surface area contributed by atoms with E-state index in [1.54, 1.807) is 30.3 Å². The molecule has 0 amide bonds. The zero-order valence-electron chi connectivity index (χ0n) is 25.7. The van der Waals surface area contributed by atoms with Crippen LogP contribution < -0.4 is 23.7 Å². The molecule has 0 aromatic heterocycles. The summed E-state index contributed by atoms with van der Waals surface area (Å²) in [6.07, 6.45) is -14.0. The van der Waals surface area contributed by atoms with Crippen LogP contribution in [0.3, 0.4) is 0 Å². The molecule has 4 aliphatic rings. The fourth-order valence-corrected chi connectivity index (χ4v) is 6.28. The van der Waals surface area contributed by atoms with Crippen LogP contribution in [0.1, 0.15) is 15.9 Å². The number of carbonyl (C=O) groups is 1. The van der Waals surface area contributed by atoms with E-state index in [0.29, 0.717) is 50.5 Å². The Labute approximate surface area is 272 Å². The molecule has 0 unspecified atom stereocenters. The number of benzene rings is 3. The van der Waals surface area contributed by atoms with Crippen molar-refractivity contribution in [2.24, 2.45) is 0 Å². The Morgan fingerprint density at radius 3 is 2.23 bits per heavy atom. The van der Waals surface area contributed by atoms with Crippen LogP contribution in [0.4, 0.5) is 0 Å². The first-order chi connectivity index (χ1) is 23.1. The average Bonchev–Trinajstić information content (AvgIpc) is 3.73. The number of rotatable bonds is 8. The van der Waals surface area contributed by atoms with Gasteiger partial charge in [0.2, 0.25) is 13.1 Å². The van der Waals surface area contributed by atoms with Crippen LogP contribution in [0, 0.1) is 0 Å². The minimum atomic E-state index is -1.78. The first-order valence-electron chi connectivity index (χ1n) is 15.1. The number of aliphatic hydroxyl groups excluding tert-OH is 6. The van der Waals surface area contributed by atoms with E-state index in [1.807, 2.05) is 0 Å². The molecule has 3 aromatic rings. The Bertz CT molecular complexity index is 1710. The molecule has 4 aliphatic heterocycles. The first kappa shape index (κ1) is 32.6. The maximum Gasteiger partial charge on any atom is 0.339 e. The van der Waals surface area contributed by atoms with E-state index in [2.05, 4.69) is 0 Å². The molecule has 0 radical (unpaired) electrons. The maximum atomic E-state index is 13.4. The molecule has 7 rings (SSSR count). The van der Waals surface area contributed by atoms with Crippen molar-refractivity contribution in [1.82, 2.24) is 0 Å². The highest BCUT2D eigenvalue weighted by molar-refractivity contribution is 6.14. The van der Waals surface area contributed by atoms with Crippen molar-refractivity contribution in [3.8, 4) is 39.9 Å². The van der Waals surface area contributed by atoms with Crippen molar-refractivity contribution >= 4 is 16.7 Å². The van der Waals surface area contributed by atoms with Crippen molar-refractivity contribution in [3.05, 3.63) is 41.5 Å². The first-order valence-corrected chi connectivity index (χ1v) is 15.1. The van der Waals surface area contributed by atoms with E-state index < -0.39 is 67.9 Å². The lowest BCUT2D eigenvalue weighted by atomic mass is 9.89. The standard InChI is InChI=1S/C32H34O16/c1-40-18-6-13-14(7-19(18)41-2)29(15-8-42-30(39)23(15)22(13)12-3-4-17-20(5-12)46-11-45-17)48-32-28(38)26(36)25(35)21(47-32)10-44-31-27(37)24(34)16(33)9-43-31/h3-7,16,21,24-28,31-38H,8-11H2,1-2H3/t16-,21+,24-,25+,26-,27+,28+,31-,32-/m1/s1. The molecule has 9 atom stereocenters. The van der Waals surface area contributed by atoms with Gasteiger partial charge < -0.3 is 73.3 Å². The molecule has 16 heteroatoms. The fraction of sp³-hybridized carbons (Fsp3) is 0.469. The van der Waals surface area contributed by atoms with Crippen LogP contribution in [0.5, 0.6) is 28.7 Å². The Morgan fingerprint density at radius 1 is 0.771 bits per heavy atom. The Balaban J connectivity index is 1.28. The lowest BCUT2D eigenvalue weighted by molar-refractivity contribution is -0.307. The predicted molar refractivity (Wildman–Crippen MR) is 159 cm³/mol. The number of hydrogen-bond acceptors (Lipinski definition) is 16. The summed E-state index contributed by atoms with van der Waals surface area (Å²) in [6, 6.07) is 8.53. The van der Waals surface area contributed by atoms with E-state index in [4.69, 9.17) is 42.6 Å². The van der Waals surface area contributed by atoms with Crippen molar-refractivity contribution in [3.63, 3.8) is 0 Å². The van der Waals surface area contributed by atoms with Gasteiger partial charge in [-0.05, 0) is 35.2 Å². The molecule has 0 aliphatic carbocycles. The number of hydrogen-bond donors (Lipinski definition) is 6. The van der Waals surface area contributed by atoms with Crippen LogP contribution in [0.15, 0.2) is 30.3 Å². The van der Waals surface area contributed by atoms with E-state index in [9.17, 15) is 35.4 Å². The van der Waals surface area contributed by atoms with E-state index >= 15 is 0 Å². The predicted octanol–water partition coefficient (Wildman–Crippen LogP) is -0.435. The second-order valence-electron chi connectivity index (χ2n) is 11.7. The number of fused-ring (bicyclic) bond motifs is 3. The number of carbonyl (C=O) groups excluding carboxylic acids is 1. The van der Waals surface area contributed by atoms with E-state index in [-0.39, 0.29) is 31.3 Å². The van der Waals surface area contributed by atoms with Gasteiger partial charge in [0.1, 0.15) is 55.1 Å². The average molecular weight is 675 g/mol. The van der Waals surface area contributed by atoms with Crippen LogP contribution in [-0.4, -0.2) is 126 Å². The van der Waals surface area contributed by atoms with E-state index in [0.717, 1.165) is 0 Å². The number of ether oxygens (including phenoxy) is 9. The van der Waals surface area contributed by atoms with Gasteiger partial charge in [0.25, 0.3) is 0 Å². The topological polar surface area (TPSA) is 222 Å². The molecular formula is C32H34O16. The summed E-state index contributed by atoms with van der Waals surface area (Å²) in [6.45, 7) is -0.951. The van der Waals surface area contributed by atoms with Crippen molar-refractivity contribution in [2.75, 3.05) is 34.2 Å². The third-order valence-corrected chi connectivity index (χ3v) is 8.86. The molecular weight excluding hydrogens is 640 g/mol. The van der Waals surface area contributed by atoms with Gasteiger partial charge in [-0.15, -0.1) is 0 Å². The molecule has 0 spiro atoms. The molecule has 48 heavy (non-hydrogen) atoms. The smallest absolute Gasteiger partial charge is 0.339 e. The summed E-state index contributed by atoms with van der Waals surface area (Å²) >= 11 is 0. The summed E-state index contributed by atoms with van der Waals surface area (Å²) in [5.41, 5.74) is 1.59. The largest absolute Gasteiger partial charge is 0.493 e. The van der Waals surface area contributed by atoms with Gasteiger partial charge in [-0.2, -0.15) is 0 Å². The molecule has 2 fully saturated rings. The highest BCUT2D eigenvalue weighted by Gasteiger charge is 2.47. The molecule has 0 saturated carbocycles. The Hall–Kier alpha value is -3.97. The third kappa shape index (κ3) is 5.44. The van der Waals surface area contributed by atoms with Crippen LogP contribution in [-0.2, 0) is 25.6 Å². The van der Waals surface area contributed by atoms with Crippen LogP contribution in [0.25, 0.3) is 21.9 Å². The van der Waals surface area contributed by atoms with Gasteiger partial charge >= 0.3 is 5.97 Å². The second kappa shape index (κ2) is 12.8. The number of cyclic esters (lactones) is 1. The molecule has 4 heterocycles. The van der Waals surface area contributed by atoms with Crippen molar-refractivity contribution < 1.29 is 78.1 Å². The van der Waals surface area contributed by atoms with Gasteiger partial charge in [-0.25, -0.2) is 4.79 Å². The lowest BCUT2D eigenvalue weighted by Crippen LogP contribution is -2.61. The van der Waals surface area contributed by atoms with E-state index in [1.165, 1.54) is 14.2 Å². The summed E-state index contributed by atoms with van der Waals surface area (Å²) < 4.78 is 50.6. The molecule has 258 valence electrons. The zero-order chi connectivity index (χ0) is 33.9. The Kier molecular flexibility index (Phi) is 8.69. The third-order valence-electron chi connectivity index (χ3n) is 8.86. The minimum Gasteiger partial charge on any atom is -0.493 e. The quantitative estimate of drug-likeness (QED) is 0.167. The molecule has 16 nitrogen and oxygen atoms in total. The van der Waals surface area contributed by atoms with Crippen LogP contribution in [0.2, 0.25) is 0 Å². The lowest BCUT2D eigenvalue weighted by Gasteiger charge is -2.41. The minimum absolute atomic E-state index is 0.0487. The molecule has 0 bridgehead atoms. The monoisotopic (exact) mass is 674 g/mol. The summed E-state index contributed by atoms with van der Waals surface area (Å²) in [5, 5.41) is 63.3. The number of aliphatic hydroxyl groups is 6. The molecule has 2 saturated heterocycles.